The van der Waals surface area contributed by atoms with Gasteiger partial charge in [-0.05, 0) is 17.7 Å². The van der Waals surface area contributed by atoms with Gasteiger partial charge in [0, 0.05) is 11.6 Å². The van der Waals surface area contributed by atoms with Crippen LogP contribution in [0.4, 0.5) is 18.9 Å². The average Bonchev–Trinajstić information content (AvgIpc) is 2.26. The van der Waals surface area contributed by atoms with Crippen molar-refractivity contribution in [2.45, 2.75) is 12.1 Å². The van der Waals surface area contributed by atoms with E-state index in [0.717, 1.165) is 5.56 Å². The minimum Gasteiger partial charge on any atom is -0.370 e. The van der Waals surface area contributed by atoms with E-state index in [1.54, 1.807) is 24.3 Å². The molecule has 0 aliphatic heterocycles. The number of nitrogens with one attached hydrogen (secondary N) is 1. The van der Waals surface area contributed by atoms with E-state index < -0.39 is 12.7 Å². The van der Waals surface area contributed by atoms with Crippen molar-refractivity contribution in [3.8, 4) is 0 Å². The molecule has 1 aromatic carbocycles. The standard InChI is InChI=1S/C10H11ClF3N3/c11-5-7-2-1-3-8(4-7)17-9(15)16-6-10(12,13)14/h1-4H,5-6H2,(H3,15,16,17). The quantitative estimate of drug-likeness (QED) is 0.502. The van der Waals surface area contributed by atoms with Gasteiger partial charge >= 0.3 is 6.18 Å². The number of nitrogens with zero attached hydrogens (tertiary/aromatic N) is 1. The Labute approximate surface area is 101 Å². The maximum Gasteiger partial charge on any atom is 0.408 e. The molecule has 17 heavy (non-hydrogen) atoms. The number of rotatable bonds is 3. The zero-order valence-corrected chi connectivity index (χ0v) is 9.52. The molecule has 0 spiro atoms. The maximum atomic E-state index is 11.9. The van der Waals surface area contributed by atoms with Crippen LogP contribution in [-0.4, -0.2) is 18.7 Å². The summed E-state index contributed by atoms with van der Waals surface area (Å²) in [4.78, 5) is 3.17. The van der Waals surface area contributed by atoms with Crippen molar-refractivity contribution in [3.05, 3.63) is 29.8 Å². The summed E-state index contributed by atoms with van der Waals surface area (Å²) in [6, 6.07) is 6.85. The fourth-order valence-corrected chi connectivity index (χ4v) is 1.26. The molecule has 7 heteroatoms. The SMILES string of the molecule is NC(=NCC(F)(F)F)Nc1cccc(CCl)c1. The molecule has 0 heterocycles. The number of halogens is 4. The first-order chi connectivity index (χ1) is 7.90. The second-order valence-electron chi connectivity index (χ2n) is 3.28. The summed E-state index contributed by atoms with van der Waals surface area (Å²) in [6.07, 6.45) is -4.36. The van der Waals surface area contributed by atoms with Gasteiger partial charge < -0.3 is 11.1 Å². The molecule has 1 rings (SSSR count). The molecule has 0 aliphatic rings. The van der Waals surface area contributed by atoms with E-state index in [9.17, 15) is 13.2 Å². The highest BCUT2D eigenvalue weighted by Crippen LogP contribution is 2.15. The lowest BCUT2D eigenvalue weighted by Crippen LogP contribution is -2.25. The van der Waals surface area contributed by atoms with Crippen molar-refractivity contribution in [2.24, 2.45) is 10.7 Å². The fraction of sp³-hybridized carbons (Fsp3) is 0.300. The van der Waals surface area contributed by atoms with E-state index in [4.69, 9.17) is 17.3 Å². The van der Waals surface area contributed by atoms with Crippen LogP contribution < -0.4 is 11.1 Å². The Bertz CT molecular complexity index is 404. The van der Waals surface area contributed by atoms with Crippen molar-refractivity contribution in [1.29, 1.82) is 0 Å². The molecule has 1 aromatic rings. The van der Waals surface area contributed by atoms with Crippen molar-refractivity contribution in [3.63, 3.8) is 0 Å². The highest BCUT2D eigenvalue weighted by molar-refractivity contribution is 6.17. The molecule has 0 atom stereocenters. The summed E-state index contributed by atoms with van der Waals surface area (Å²) in [5, 5.41) is 2.56. The molecule has 0 fully saturated rings. The number of hydrogen-bond donors (Lipinski definition) is 2. The summed E-state index contributed by atoms with van der Waals surface area (Å²) in [5.41, 5.74) is 6.69. The van der Waals surface area contributed by atoms with Crippen molar-refractivity contribution in [2.75, 3.05) is 11.9 Å². The molecule has 0 aromatic heterocycles. The molecule has 94 valence electrons. The minimum absolute atomic E-state index is 0.283. The van der Waals surface area contributed by atoms with E-state index in [1.807, 2.05) is 0 Å². The van der Waals surface area contributed by atoms with Crippen LogP contribution in [0.3, 0.4) is 0 Å². The summed E-state index contributed by atoms with van der Waals surface area (Å²) < 4.78 is 35.6. The third-order valence-electron chi connectivity index (χ3n) is 1.78. The Balaban J connectivity index is 2.64. The van der Waals surface area contributed by atoms with E-state index in [0.29, 0.717) is 11.6 Å². The number of anilines is 1. The van der Waals surface area contributed by atoms with Crippen LogP contribution in [0.1, 0.15) is 5.56 Å². The van der Waals surface area contributed by atoms with Crippen LogP contribution in [-0.2, 0) is 5.88 Å². The lowest BCUT2D eigenvalue weighted by Gasteiger charge is -2.07. The molecule has 0 saturated carbocycles. The van der Waals surface area contributed by atoms with E-state index in [-0.39, 0.29) is 5.96 Å². The molecule has 3 N–H and O–H groups in total. The zero-order valence-electron chi connectivity index (χ0n) is 8.76. The Morgan fingerprint density at radius 2 is 2.12 bits per heavy atom. The lowest BCUT2D eigenvalue weighted by molar-refractivity contribution is -0.118. The molecule has 0 bridgehead atoms. The average molecular weight is 266 g/mol. The number of benzene rings is 1. The van der Waals surface area contributed by atoms with Gasteiger partial charge in [-0.25, -0.2) is 4.99 Å². The molecule has 0 saturated heterocycles. The van der Waals surface area contributed by atoms with Crippen LogP contribution in [0.25, 0.3) is 0 Å². The van der Waals surface area contributed by atoms with Crippen LogP contribution in [0.5, 0.6) is 0 Å². The Morgan fingerprint density at radius 3 is 2.71 bits per heavy atom. The van der Waals surface area contributed by atoms with Gasteiger partial charge in [-0.2, -0.15) is 13.2 Å². The second kappa shape index (κ2) is 5.77. The molecular formula is C10H11ClF3N3. The first kappa shape index (κ1) is 13.6. The molecule has 3 nitrogen and oxygen atoms in total. The van der Waals surface area contributed by atoms with Crippen molar-refractivity contribution >= 4 is 23.2 Å². The van der Waals surface area contributed by atoms with Gasteiger partial charge in [-0.3, -0.25) is 0 Å². The highest BCUT2D eigenvalue weighted by Gasteiger charge is 2.26. The predicted molar refractivity (Wildman–Crippen MR) is 62.2 cm³/mol. The minimum atomic E-state index is -4.36. The summed E-state index contributed by atoms with van der Waals surface area (Å²) in [6.45, 7) is -1.30. The predicted octanol–water partition coefficient (Wildman–Crippen LogP) is 2.71. The number of guanidine groups is 1. The van der Waals surface area contributed by atoms with Crippen LogP contribution in [0.2, 0.25) is 0 Å². The fourth-order valence-electron chi connectivity index (χ4n) is 1.09. The van der Waals surface area contributed by atoms with Gasteiger partial charge in [0.2, 0.25) is 0 Å². The molecule has 0 aliphatic carbocycles. The van der Waals surface area contributed by atoms with E-state index in [2.05, 4.69) is 10.3 Å². The number of aliphatic imine (C=N–C) groups is 1. The Hall–Kier alpha value is -1.43. The lowest BCUT2D eigenvalue weighted by atomic mass is 10.2. The first-order valence-corrected chi connectivity index (χ1v) is 5.23. The summed E-state index contributed by atoms with van der Waals surface area (Å²) >= 11 is 5.62. The van der Waals surface area contributed by atoms with Crippen LogP contribution in [0.15, 0.2) is 29.3 Å². The van der Waals surface area contributed by atoms with Crippen molar-refractivity contribution in [1.82, 2.24) is 0 Å². The number of alkyl halides is 4. The largest absolute Gasteiger partial charge is 0.408 e. The van der Waals surface area contributed by atoms with Gasteiger partial charge in [-0.15, -0.1) is 11.6 Å². The molecule has 0 amide bonds. The van der Waals surface area contributed by atoms with Gasteiger partial charge in [-0.1, -0.05) is 12.1 Å². The molecule has 0 unspecified atom stereocenters. The first-order valence-electron chi connectivity index (χ1n) is 4.69. The van der Waals surface area contributed by atoms with Gasteiger partial charge in [0.15, 0.2) is 5.96 Å². The Morgan fingerprint density at radius 1 is 1.41 bits per heavy atom. The molecular weight excluding hydrogens is 255 g/mol. The molecule has 0 radical (unpaired) electrons. The monoisotopic (exact) mass is 265 g/mol. The van der Waals surface area contributed by atoms with Gasteiger partial charge in [0.1, 0.15) is 6.54 Å². The normalized spacial score (nSPS) is 12.6. The third kappa shape index (κ3) is 5.44. The smallest absolute Gasteiger partial charge is 0.370 e. The van der Waals surface area contributed by atoms with Crippen LogP contribution in [0, 0.1) is 0 Å². The number of hydrogen-bond acceptors (Lipinski definition) is 1. The Kier molecular flexibility index (Phi) is 4.62. The highest BCUT2D eigenvalue weighted by atomic mass is 35.5. The van der Waals surface area contributed by atoms with E-state index in [1.165, 1.54) is 0 Å². The van der Waals surface area contributed by atoms with Gasteiger partial charge in [0.25, 0.3) is 0 Å². The zero-order chi connectivity index (χ0) is 12.9. The number of nitrogens with two attached hydrogens (primary N) is 1. The third-order valence-corrected chi connectivity index (χ3v) is 2.09. The maximum absolute atomic E-state index is 11.9. The summed E-state index contributed by atoms with van der Waals surface area (Å²) in [7, 11) is 0. The topological polar surface area (TPSA) is 50.4 Å². The van der Waals surface area contributed by atoms with Crippen molar-refractivity contribution < 1.29 is 13.2 Å². The second-order valence-corrected chi connectivity index (χ2v) is 3.54. The van der Waals surface area contributed by atoms with Gasteiger partial charge in [0.05, 0.1) is 0 Å². The van der Waals surface area contributed by atoms with Crippen LogP contribution >= 0.6 is 11.6 Å². The summed E-state index contributed by atoms with van der Waals surface area (Å²) in [5.74, 6) is 0.0313. The van der Waals surface area contributed by atoms with E-state index >= 15 is 0 Å².